The number of pyridine rings is 1. The second kappa shape index (κ2) is 5.44. The highest BCUT2D eigenvalue weighted by molar-refractivity contribution is 5.97. The third-order valence-corrected chi connectivity index (χ3v) is 4.49. The topological polar surface area (TPSA) is 71.0 Å². The molecule has 3 heterocycles. The summed E-state index contributed by atoms with van der Waals surface area (Å²) in [4.78, 5) is 28.3. The maximum absolute atomic E-state index is 12.4. The second-order valence-electron chi connectivity index (χ2n) is 6.59. The lowest BCUT2D eigenvalue weighted by Gasteiger charge is -2.20. The molecule has 120 valence electrons. The Morgan fingerprint density at radius 3 is 2.61 bits per heavy atom. The van der Waals surface area contributed by atoms with Gasteiger partial charge in [0.25, 0.3) is 5.91 Å². The van der Waals surface area contributed by atoms with Crippen molar-refractivity contribution in [3.05, 3.63) is 23.1 Å². The highest BCUT2D eigenvalue weighted by Crippen LogP contribution is 2.29. The number of carbonyl (C=O) groups is 1. The molecule has 2 aromatic rings. The average Bonchev–Trinajstić information content (AvgIpc) is 3.15. The molecule has 1 saturated heterocycles. The molecule has 0 aromatic carbocycles. The van der Waals surface area contributed by atoms with Gasteiger partial charge in [-0.15, -0.1) is 0 Å². The quantitative estimate of drug-likeness (QED) is 0.940. The van der Waals surface area contributed by atoms with E-state index in [1.165, 1.54) is 0 Å². The average molecular weight is 311 g/mol. The van der Waals surface area contributed by atoms with Crippen LogP contribution in [0.25, 0.3) is 11.0 Å². The maximum Gasteiger partial charge on any atom is 0.289 e. The van der Waals surface area contributed by atoms with Crippen LogP contribution in [0.1, 0.15) is 47.6 Å². The van der Waals surface area contributed by atoms with Gasteiger partial charge in [0.1, 0.15) is 5.82 Å². The summed E-state index contributed by atoms with van der Waals surface area (Å²) in [6.07, 6.45) is 4.42. The standard InChI is InChI=1S/C17H21N5O/c1-10-9-11(2)18-14-13(10)16(22-7-3-4-8-22)21-15(20-14)17(23)19-12-5-6-12/h9,12H,3-8H2,1-2H3,(H,19,23). The summed E-state index contributed by atoms with van der Waals surface area (Å²) >= 11 is 0. The molecule has 23 heavy (non-hydrogen) atoms. The first kappa shape index (κ1) is 14.4. The van der Waals surface area contributed by atoms with Gasteiger partial charge in [-0.05, 0) is 51.2 Å². The molecule has 0 bridgehead atoms. The van der Waals surface area contributed by atoms with Gasteiger partial charge < -0.3 is 10.2 Å². The molecule has 1 saturated carbocycles. The third-order valence-electron chi connectivity index (χ3n) is 4.49. The molecule has 6 heteroatoms. The summed E-state index contributed by atoms with van der Waals surface area (Å²) in [7, 11) is 0. The van der Waals surface area contributed by atoms with Crippen LogP contribution in [0.3, 0.4) is 0 Å². The molecule has 1 aliphatic heterocycles. The highest BCUT2D eigenvalue weighted by atomic mass is 16.2. The van der Waals surface area contributed by atoms with Gasteiger partial charge in [0.05, 0.1) is 5.39 Å². The normalized spacial score (nSPS) is 17.7. The van der Waals surface area contributed by atoms with Crippen LogP contribution in [-0.4, -0.2) is 40.0 Å². The molecule has 1 aliphatic carbocycles. The SMILES string of the molecule is Cc1cc(C)c2c(N3CCCC3)nc(C(=O)NC3CC3)nc2n1. The lowest BCUT2D eigenvalue weighted by atomic mass is 10.1. The Kier molecular flexibility index (Phi) is 3.39. The molecule has 2 fully saturated rings. The zero-order valence-corrected chi connectivity index (χ0v) is 13.6. The number of hydrogen-bond donors (Lipinski definition) is 1. The lowest BCUT2D eigenvalue weighted by molar-refractivity contribution is 0.0941. The Morgan fingerprint density at radius 1 is 1.17 bits per heavy atom. The molecule has 0 spiro atoms. The van der Waals surface area contributed by atoms with E-state index < -0.39 is 0 Å². The summed E-state index contributed by atoms with van der Waals surface area (Å²) in [5.74, 6) is 0.915. The zero-order valence-electron chi connectivity index (χ0n) is 13.6. The molecule has 4 rings (SSSR count). The van der Waals surface area contributed by atoms with Gasteiger partial charge >= 0.3 is 0 Å². The van der Waals surface area contributed by atoms with Gasteiger partial charge in [0.2, 0.25) is 5.82 Å². The van der Waals surface area contributed by atoms with Crippen LogP contribution in [0, 0.1) is 13.8 Å². The summed E-state index contributed by atoms with van der Waals surface area (Å²) in [6, 6.07) is 2.35. The Labute approximate surface area is 135 Å². The van der Waals surface area contributed by atoms with E-state index in [0.717, 1.165) is 61.2 Å². The minimum Gasteiger partial charge on any atom is -0.356 e. The number of nitrogens with one attached hydrogen (secondary N) is 1. The van der Waals surface area contributed by atoms with E-state index in [4.69, 9.17) is 0 Å². The van der Waals surface area contributed by atoms with Crippen molar-refractivity contribution in [2.24, 2.45) is 0 Å². The van der Waals surface area contributed by atoms with Gasteiger partial charge in [0.15, 0.2) is 5.65 Å². The van der Waals surface area contributed by atoms with Crippen LogP contribution in [0.15, 0.2) is 6.07 Å². The van der Waals surface area contributed by atoms with Crippen LogP contribution in [-0.2, 0) is 0 Å². The first-order valence-electron chi connectivity index (χ1n) is 8.33. The van der Waals surface area contributed by atoms with Crippen LogP contribution < -0.4 is 10.2 Å². The smallest absolute Gasteiger partial charge is 0.289 e. The Balaban J connectivity index is 1.86. The van der Waals surface area contributed by atoms with Crippen molar-refractivity contribution in [1.29, 1.82) is 0 Å². The van der Waals surface area contributed by atoms with Gasteiger partial charge in [-0.3, -0.25) is 4.79 Å². The minimum absolute atomic E-state index is 0.184. The summed E-state index contributed by atoms with van der Waals surface area (Å²) in [5, 5.41) is 3.94. The van der Waals surface area contributed by atoms with Crippen LogP contribution >= 0.6 is 0 Å². The fourth-order valence-corrected chi connectivity index (χ4v) is 3.19. The number of fused-ring (bicyclic) bond motifs is 1. The number of amides is 1. The fourth-order valence-electron chi connectivity index (χ4n) is 3.19. The number of carbonyl (C=O) groups excluding carboxylic acids is 1. The van der Waals surface area contributed by atoms with E-state index in [-0.39, 0.29) is 11.7 Å². The third kappa shape index (κ3) is 2.73. The first-order chi connectivity index (χ1) is 11.1. The van der Waals surface area contributed by atoms with E-state index in [1.807, 2.05) is 6.92 Å². The molecule has 0 atom stereocenters. The van der Waals surface area contributed by atoms with Crippen molar-refractivity contribution in [2.45, 2.75) is 45.6 Å². The van der Waals surface area contributed by atoms with E-state index in [9.17, 15) is 4.79 Å². The maximum atomic E-state index is 12.4. The number of aryl methyl sites for hydroxylation is 2. The van der Waals surface area contributed by atoms with Crippen LogP contribution in [0.2, 0.25) is 0 Å². The Hall–Kier alpha value is -2.24. The van der Waals surface area contributed by atoms with Crippen molar-refractivity contribution in [1.82, 2.24) is 20.3 Å². The van der Waals surface area contributed by atoms with Gasteiger partial charge in [-0.2, -0.15) is 0 Å². The van der Waals surface area contributed by atoms with Crippen molar-refractivity contribution in [3.63, 3.8) is 0 Å². The van der Waals surface area contributed by atoms with Crippen molar-refractivity contribution in [2.75, 3.05) is 18.0 Å². The van der Waals surface area contributed by atoms with Gasteiger partial charge in [0, 0.05) is 24.8 Å². The predicted octanol–water partition coefficient (Wildman–Crippen LogP) is 2.13. The van der Waals surface area contributed by atoms with Crippen molar-refractivity contribution < 1.29 is 4.79 Å². The molecule has 1 N–H and O–H groups in total. The molecule has 0 unspecified atom stereocenters. The number of hydrogen-bond acceptors (Lipinski definition) is 5. The number of aromatic nitrogens is 3. The Morgan fingerprint density at radius 2 is 1.91 bits per heavy atom. The van der Waals surface area contributed by atoms with Crippen LogP contribution in [0.4, 0.5) is 5.82 Å². The number of anilines is 1. The van der Waals surface area contributed by atoms with Crippen LogP contribution in [0.5, 0.6) is 0 Å². The fraction of sp³-hybridized carbons (Fsp3) is 0.529. The Bertz CT molecular complexity index is 778. The number of nitrogens with zero attached hydrogens (tertiary/aromatic N) is 4. The summed E-state index contributed by atoms with van der Waals surface area (Å²) in [6.45, 7) is 5.96. The van der Waals surface area contributed by atoms with Gasteiger partial charge in [-0.25, -0.2) is 15.0 Å². The lowest BCUT2D eigenvalue weighted by Crippen LogP contribution is -2.29. The molecule has 1 amide bonds. The zero-order chi connectivity index (χ0) is 16.0. The van der Waals surface area contributed by atoms with E-state index >= 15 is 0 Å². The largest absolute Gasteiger partial charge is 0.356 e. The first-order valence-corrected chi connectivity index (χ1v) is 8.33. The molecule has 6 nitrogen and oxygen atoms in total. The molecular formula is C17H21N5O. The molecular weight excluding hydrogens is 290 g/mol. The second-order valence-corrected chi connectivity index (χ2v) is 6.59. The summed E-state index contributed by atoms with van der Waals surface area (Å²) < 4.78 is 0. The molecule has 0 radical (unpaired) electrons. The van der Waals surface area contributed by atoms with E-state index in [1.54, 1.807) is 0 Å². The van der Waals surface area contributed by atoms with E-state index in [0.29, 0.717) is 11.7 Å². The monoisotopic (exact) mass is 311 g/mol. The molecule has 2 aromatic heterocycles. The highest BCUT2D eigenvalue weighted by Gasteiger charge is 2.27. The summed E-state index contributed by atoms with van der Waals surface area (Å²) in [5.41, 5.74) is 2.65. The predicted molar refractivity (Wildman–Crippen MR) is 88.7 cm³/mol. The van der Waals surface area contributed by atoms with Crippen molar-refractivity contribution >= 4 is 22.8 Å². The van der Waals surface area contributed by atoms with E-state index in [2.05, 4.69) is 38.2 Å². The minimum atomic E-state index is -0.184. The molecule has 2 aliphatic rings. The van der Waals surface area contributed by atoms with Crippen molar-refractivity contribution in [3.8, 4) is 0 Å². The number of rotatable bonds is 3. The van der Waals surface area contributed by atoms with Gasteiger partial charge in [-0.1, -0.05) is 0 Å².